The Labute approximate surface area is 85.1 Å². The molecule has 0 heterocycles. The smallest absolute Gasteiger partial charge is 0.119 e. The Morgan fingerprint density at radius 1 is 1.29 bits per heavy atom. The molecule has 0 aromatic heterocycles. The first kappa shape index (κ1) is 9.53. The fourth-order valence-electron chi connectivity index (χ4n) is 1.83. The number of nitrogens with two attached hydrogens (primary N) is 1. The molecular formula is C12H17NO. The molecule has 2 rings (SSSR count). The van der Waals surface area contributed by atoms with Gasteiger partial charge in [0.25, 0.3) is 0 Å². The minimum atomic E-state index is 0.296. The second-order valence-corrected chi connectivity index (χ2v) is 3.94. The monoisotopic (exact) mass is 191 g/mol. The summed E-state index contributed by atoms with van der Waals surface area (Å²) in [6, 6.07) is 8.36. The zero-order chi connectivity index (χ0) is 10.0. The van der Waals surface area contributed by atoms with Crippen LogP contribution in [-0.4, -0.2) is 13.2 Å². The van der Waals surface area contributed by atoms with Gasteiger partial charge in [-0.25, -0.2) is 0 Å². The highest BCUT2D eigenvalue weighted by atomic mass is 16.5. The van der Waals surface area contributed by atoms with E-state index in [-0.39, 0.29) is 0 Å². The number of ether oxygens (including phenoxy) is 1. The number of hydrogen-bond donors (Lipinski definition) is 1. The van der Waals surface area contributed by atoms with Gasteiger partial charge in [0.15, 0.2) is 0 Å². The van der Waals surface area contributed by atoms with Gasteiger partial charge in [0, 0.05) is 12.0 Å². The molecule has 0 radical (unpaired) electrons. The van der Waals surface area contributed by atoms with Crippen molar-refractivity contribution < 1.29 is 4.74 Å². The van der Waals surface area contributed by atoms with E-state index < -0.39 is 0 Å². The lowest BCUT2D eigenvalue weighted by atomic mass is 9.96. The minimum absolute atomic E-state index is 0.296. The van der Waals surface area contributed by atoms with E-state index in [1.165, 1.54) is 18.4 Å². The molecule has 1 aliphatic carbocycles. The molecule has 0 atom stereocenters. The highest BCUT2D eigenvalue weighted by molar-refractivity contribution is 5.36. The summed E-state index contributed by atoms with van der Waals surface area (Å²) in [7, 11) is 0. The second-order valence-electron chi connectivity index (χ2n) is 3.94. The third-order valence-electron chi connectivity index (χ3n) is 3.02. The maximum absolute atomic E-state index is 5.77. The van der Waals surface area contributed by atoms with Crippen molar-refractivity contribution in [3.8, 4) is 5.75 Å². The van der Waals surface area contributed by atoms with Gasteiger partial charge in [-0.15, -0.1) is 0 Å². The standard InChI is InChI=1S/C12H17NO/c1-2-14-11-5-3-10(4-6-11)12(9-13)7-8-12/h3-6H,2,7-9,13H2,1H3. The van der Waals surface area contributed by atoms with Gasteiger partial charge in [-0.2, -0.15) is 0 Å². The van der Waals surface area contributed by atoms with E-state index in [0.717, 1.165) is 18.9 Å². The van der Waals surface area contributed by atoms with Crippen LogP contribution < -0.4 is 10.5 Å². The number of hydrogen-bond acceptors (Lipinski definition) is 2. The van der Waals surface area contributed by atoms with Crippen LogP contribution >= 0.6 is 0 Å². The summed E-state index contributed by atoms with van der Waals surface area (Å²) >= 11 is 0. The van der Waals surface area contributed by atoms with Gasteiger partial charge in [0.2, 0.25) is 0 Å². The molecule has 1 aromatic rings. The predicted octanol–water partition coefficient (Wildman–Crippen LogP) is 2.08. The first-order valence-electron chi connectivity index (χ1n) is 5.24. The zero-order valence-electron chi connectivity index (χ0n) is 8.62. The van der Waals surface area contributed by atoms with Gasteiger partial charge in [-0.1, -0.05) is 12.1 Å². The Hall–Kier alpha value is -1.02. The molecule has 76 valence electrons. The normalized spacial score (nSPS) is 17.9. The maximum Gasteiger partial charge on any atom is 0.119 e. The molecule has 0 amide bonds. The zero-order valence-corrected chi connectivity index (χ0v) is 8.62. The Balaban J connectivity index is 2.14. The molecule has 0 aliphatic heterocycles. The summed E-state index contributed by atoms with van der Waals surface area (Å²) in [6.07, 6.45) is 2.47. The van der Waals surface area contributed by atoms with E-state index >= 15 is 0 Å². The maximum atomic E-state index is 5.77. The van der Waals surface area contributed by atoms with Crippen LogP contribution in [0.5, 0.6) is 5.75 Å². The summed E-state index contributed by atoms with van der Waals surface area (Å²) in [4.78, 5) is 0. The van der Waals surface area contributed by atoms with Crippen molar-refractivity contribution in [3.63, 3.8) is 0 Å². The highest BCUT2D eigenvalue weighted by Crippen LogP contribution is 2.47. The van der Waals surface area contributed by atoms with Crippen molar-refractivity contribution >= 4 is 0 Å². The molecule has 2 heteroatoms. The Kier molecular flexibility index (Phi) is 2.46. The van der Waals surface area contributed by atoms with Gasteiger partial charge < -0.3 is 10.5 Å². The van der Waals surface area contributed by atoms with Crippen LogP contribution in [0.4, 0.5) is 0 Å². The van der Waals surface area contributed by atoms with Gasteiger partial charge in [-0.3, -0.25) is 0 Å². The first-order chi connectivity index (χ1) is 6.80. The lowest BCUT2D eigenvalue weighted by Crippen LogP contribution is -2.19. The average Bonchev–Trinajstić information content (AvgIpc) is 3.00. The fraction of sp³-hybridized carbons (Fsp3) is 0.500. The van der Waals surface area contributed by atoms with Crippen LogP contribution in [0.25, 0.3) is 0 Å². The predicted molar refractivity (Wildman–Crippen MR) is 57.6 cm³/mol. The van der Waals surface area contributed by atoms with Crippen molar-refractivity contribution in [2.24, 2.45) is 5.73 Å². The minimum Gasteiger partial charge on any atom is -0.494 e. The molecular weight excluding hydrogens is 174 g/mol. The van der Waals surface area contributed by atoms with E-state index in [4.69, 9.17) is 10.5 Å². The lowest BCUT2D eigenvalue weighted by molar-refractivity contribution is 0.340. The summed E-state index contributed by atoms with van der Waals surface area (Å²) in [6.45, 7) is 3.48. The van der Waals surface area contributed by atoms with E-state index in [1.807, 2.05) is 19.1 Å². The Morgan fingerprint density at radius 3 is 2.36 bits per heavy atom. The molecule has 1 aromatic carbocycles. The molecule has 1 saturated carbocycles. The van der Waals surface area contributed by atoms with E-state index in [2.05, 4.69) is 12.1 Å². The van der Waals surface area contributed by atoms with Crippen LogP contribution in [-0.2, 0) is 5.41 Å². The van der Waals surface area contributed by atoms with Gasteiger partial charge in [0.1, 0.15) is 5.75 Å². The molecule has 0 unspecified atom stereocenters. The summed E-state index contributed by atoms with van der Waals surface area (Å²) in [5.41, 5.74) is 7.43. The molecule has 2 N–H and O–H groups in total. The van der Waals surface area contributed by atoms with Crippen LogP contribution in [0, 0.1) is 0 Å². The molecule has 14 heavy (non-hydrogen) atoms. The molecule has 0 bridgehead atoms. The second kappa shape index (κ2) is 3.62. The van der Waals surface area contributed by atoms with Crippen molar-refractivity contribution in [1.82, 2.24) is 0 Å². The fourth-order valence-corrected chi connectivity index (χ4v) is 1.83. The SMILES string of the molecule is CCOc1ccc(C2(CN)CC2)cc1. The molecule has 1 fully saturated rings. The summed E-state index contributed by atoms with van der Waals surface area (Å²) < 4.78 is 5.40. The van der Waals surface area contributed by atoms with Crippen molar-refractivity contribution in [2.75, 3.05) is 13.2 Å². The molecule has 0 saturated heterocycles. The quantitative estimate of drug-likeness (QED) is 0.790. The van der Waals surface area contributed by atoms with E-state index in [9.17, 15) is 0 Å². The Bertz CT molecular complexity index is 301. The van der Waals surface area contributed by atoms with Crippen molar-refractivity contribution in [3.05, 3.63) is 29.8 Å². The van der Waals surface area contributed by atoms with E-state index in [0.29, 0.717) is 5.41 Å². The van der Waals surface area contributed by atoms with Crippen LogP contribution in [0.3, 0.4) is 0 Å². The lowest BCUT2D eigenvalue weighted by Gasteiger charge is -2.13. The first-order valence-corrected chi connectivity index (χ1v) is 5.24. The molecule has 1 aliphatic rings. The third-order valence-corrected chi connectivity index (χ3v) is 3.02. The van der Waals surface area contributed by atoms with Gasteiger partial charge >= 0.3 is 0 Å². The largest absolute Gasteiger partial charge is 0.494 e. The van der Waals surface area contributed by atoms with Crippen LogP contribution in [0.1, 0.15) is 25.3 Å². The number of rotatable bonds is 4. The molecule has 0 spiro atoms. The van der Waals surface area contributed by atoms with E-state index in [1.54, 1.807) is 0 Å². The topological polar surface area (TPSA) is 35.2 Å². The average molecular weight is 191 g/mol. The third kappa shape index (κ3) is 1.62. The summed E-state index contributed by atoms with van der Waals surface area (Å²) in [5, 5.41) is 0. The molecule has 2 nitrogen and oxygen atoms in total. The highest BCUT2D eigenvalue weighted by Gasteiger charge is 2.42. The van der Waals surface area contributed by atoms with Gasteiger partial charge in [-0.05, 0) is 37.5 Å². The van der Waals surface area contributed by atoms with Crippen LogP contribution in [0.2, 0.25) is 0 Å². The van der Waals surface area contributed by atoms with Crippen LogP contribution in [0.15, 0.2) is 24.3 Å². The Morgan fingerprint density at radius 2 is 1.93 bits per heavy atom. The van der Waals surface area contributed by atoms with Crippen molar-refractivity contribution in [1.29, 1.82) is 0 Å². The van der Waals surface area contributed by atoms with Crippen molar-refractivity contribution in [2.45, 2.75) is 25.2 Å². The summed E-state index contributed by atoms with van der Waals surface area (Å²) in [5.74, 6) is 0.948. The number of benzene rings is 1. The van der Waals surface area contributed by atoms with Gasteiger partial charge in [0.05, 0.1) is 6.61 Å².